The molecule has 0 aliphatic rings. The summed E-state index contributed by atoms with van der Waals surface area (Å²) in [5, 5.41) is 11.9. The summed E-state index contributed by atoms with van der Waals surface area (Å²) in [5.41, 5.74) is 0.919. The van der Waals surface area contributed by atoms with Gasteiger partial charge in [0.1, 0.15) is 0 Å². The first kappa shape index (κ1) is 11.0. The molecule has 2 rings (SSSR count). The summed E-state index contributed by atoms with van der Waals surface area (Å²) in [6.45, 7) is 0.338. The Morgan fingerprint density at radius 1 is 1.31 bits per heavy atom. The minimum atomic E-state index is -0.497. The Morgan fingerprint density at radius 2 is 2.12 bits per heavy atom. The maximum atomic E-state index is 9.70. The first-order valence-corrected chi connectivity index (χ1v) is 5.31. The maximum absolute atomic E-state index is 9.70. The first-order valence-electron chi connectivity index (χ1n) is 5.31. The lowest BCUT2D eigenvalue weighted by Crippen LogP contribution is -2.17. The zero-order chi connectivity index (χ0) is 11.4. The van der Waals surface area contributed by atoms with Gasteiger partial charge in [-0.05, 0) is 11.5 Å². The second kappa shape index (κ2) is 5.05. The van der Waals surface area contributed by atoms with Crippen LogP contribution >= 0.6 is 0 Å². The lowest BCUT2D eigenvalue weighted by molar-refractivity contribution is 0.0646. The summed E-state index contributed by atoms with van der Waals surface area (Å²) in [6.07, 6.45) is 1.80. The third kappa shape index (κ3) is 2.38. The fourth-order valence-electron chi connectivity index (χ4n) is 1.82. The number of benzene rings is 1. The number of aromatic nitrogens is 1. The van der Waals surface area contributed by atoms with Crippen molar-refractivity contribution in [3.05, 3.63) is 42.2 Å². The van der Waals surface area contributed by atoms with Crippen molar-refractivity contribution < 1.29 is 9.84 Å². The van der Waals surface area contributed by atoms with Gasteiger partial charge >= 0.3 is 0 Å². The molecule has 1 heterocycles. The van der Waals surface area contributed by atoms with Crippen LogP contribution in [-0.4, -0.2) is 29.9 Å². The van der Waals surface area contributed by atoms with Gasteiger partial charge in [0, 0.05) is 25.1 Å². The zero-order valence-corrected chi connectivity index (χ0v) is 9.26. The van der Waals surface area contributed by atoms with E-state index < -0.39 is 6.10 Å². The van der Waals surface area contributed by atoms with Gasteiger partial charge in [-0.1, -0.05) is 24.3 Å². The van der Waals surface area contributed by atoms with Crippen LogP contribution in [0.4, 0.5) is 0 Å². The van der Waals surface area contributed by atoms with Crippen LogP contribution in [0.25, 0.3) is 10.8 Å². The second-order valence-electron chi connectivity index (χ2n) is 3.79. The predicted molar refractivity (Wildman–Crippen MR) is 63.3 cm³/mol. The fourth-order valence-corrected chi connectivity index (χ4v) is 1.82. The number of hydrogen-bond acceptors (Lipinski definition) is 3. The van der Waals surface area contributed by atoms with E-state index >= 15 is 0 Å². The SMILES string of the molecule is COCC(O)Cc1nccc2ccccc12. The molecule has 0 aliphatic carbocycles. The van der Waals surface area contributed by atoms with E-state index in [-0.39, 0.29) is 0 Å². The van der Waals surface area contributed by atoms with Crippen LogP contribution in [0.1, 0.15) is 5.69 Å². The Kier molecular flexibility index (Phi) is 3.49. The van der Waals surface area contributed by atoms with Crippen molar-refractivity contribution in [2.75, 3.05) is 13.7 Å². The Bertz CT molecular complexity index is 465. The Hall–Kier alpha value is -1.45. The largest absolute Gasteiger partial charge is 0.390 e. The van der Waals surface area contributed by atoms with Crippen molar-refractivity contribution in [1.82, 2.24) is 4.98 Å². The number of pyridine rings is 1. The quantitative estimate of drug-likeness (QED) is 0.849. The summed E-state index contributed by atoms with van der Waals surface area (Å²) < 4.78 is 4.91. The first-order chi connectivity index (χ1) is 7.81. The molecule has 84 valence electrons. The number of methoxy groups -OCH3 is 1. The second-order valence-corrected chi connectivity index (χ2v) is 3.79. The third-order valence-electron chi connectivity index (χ3n) is 2.54. The number of nitrogens with zero attached hydrogens (tertiary/aromatic N) is 1. The average Bonchev–Trinajstić information content (AvgIpc) is 2.30. The molecule has 3 heteroatoms. The van der Waals surface area contributed by atoms with Crippen molar-refractivity contribution in [2.24, 2.45) is 0 Å². The molecule has 0 amide bonds. The molecule has 0 fully saturated rings. The predicted octanol–water partition coefficient (Wildman–Crippen LogP) is 1.78. The normalized spacial score (nSPS) is 12.9. The highest BCUT2D eigenvalue weighted by molar-refractivity contribution is 5.84. The molecule has 0 aliphatic heterocycles. The standard InChI is InChI=1S/C13H15NO2/c1-16-9-11(15)8-13-12-5-3-2-4-10(12)6-7-14-13/h2-7,11,15H,8-9H2,1H3. The number of aliphatic hydroxyl groups excluding tert-OH is 1. The molecule has 0 radical (unpaired) electrons. The van der Waals surface area contributed by atoms with Gasteiger partial charge in [-0.15, -0.1) is 0 Å². The van der Waals surface area contributed by atoms with Gasteiger partial charge in [0.25, 0.3) is 0 Å². The van der Waals surface area contributed by atoms with E-state index in [2.05, 4.69) is 4.98 Å². The molecule has 1 unspecified atom stereocenters. The molecular formula is C13H15NO2. The highest BCUT2D eigenvalue weighted by Gasteiger charge is 2.08. The van der Waals surface area contributed by atoms with E-state index in [9.17, 15) is 5.11 Å². The molecule has 1 atom stereocenters. The summed E-state index contributed by atoms with van der Waals surface area (Å²) in [6, 6.07) is 10.0. The van der Waals surface area contributed by atoms with Gasteiger partial charge in [0.15, 0.2) is 0 Å². The van der Waals surface area contributed by atoms with Crippen LogP contribution in [0.15, 0.2) is 36.5 Å². The fraction of sp³-hybridized carbons (Fsp3) is 0.308. The number of rotatable bonds is 4. The highest BCUT2D eigenvalue weighted by Crippen LogP contribution is 2.17. The molecule has 3 nitrogen and oxygen atoms in total. The van der Waals surface area contributed by atoms with Crippen molar-refractivity contribution in [1.29, 1.82) is 0 Å². The van der Waals surface area contributed by atoms with Crippen LogP contribution in [0.5, 0.6) is 0 Å². The van der Waals surface area contributed by atoms with E-state index in [0.29, 0.717) is 13.0 Å². The molecule has 1 N–H and O–H groups in total. The minimum Gasteiger partial charge on any atom is -0.390 e. The summed E-state index contributed by atoms with van der Waals surface area (Å²) in [4.78, 5) is 4.31. The van der Waals surface area contributed by atoms with Crippen LogP contribution in [0.3, 0.4) is 0 Å². The summed E-state index contributed by atoms with van der Waals surface area (Å²) in [7, 11) is 1.58. The van der Waals surface area contributed by atoms with E-state index in [1.807, 2.05) is 30.3 Å². The molecule has 1 aromatic carbocycles. The van der Waals surface area contributed by atoms with E-state index in [1.165, 1.54) is 0 Å². The molecule has 0 saturated carbocycles. The monoisotopic (exact) mass is 217 g/mol. The van der Waals surface area contributed by atoms with Gasteiger partial charge in [-0.25, -0.2) is 0 Å². The number of fused-ring (bicyclic) bond motifs is 1. The van der Waals surface area contributed by atoms with Crippen LogP contribution in [0.2, 0.25) is 0 Å². The Balaban J connectivity index is 2.30. The Morgan fingerprint density at radius 3 is 2.94 bits per heavy atom. The third-order valence-corrected chi connectivity index (χ3v) is 2.54. The number of aliphatic hydroxyl groups is 1. The van der Waals surface area contributed by atoms with E-state index in [4.69, 9.17) is 4.74 Å². The number of ether oxygens (including phenoxy) is 1. The van der Waals surface area contributed by atoms with Crippen molar-refractivity contribution in [3.63, 3.8) is 0 Å². The molecule has 0 spiro atoms. The highest BCUT2D eigenvalue weighted by atomic mass is 16.5. The van der Waals surface area contributed by atoms with E-state index in [0.717, 1.165) is 16.5 Å². The summed E-state index contributed by atoms with van der Waals surface area (Å²) in [5.74, 6) is 0. The van der Waals surface area contributed by atoms with Crippen LogP contribution < -0.4 is 0 Å². The minimum absolute atomic E-state index is 0.338. The molecule has 16 heavy (non-hydrogen) atoms. The van der Waals surface area contributed by atoms with Gasteiger partial charge in [-0.2, -0.15) is 0 Å². The lowest BCUT2D eigenvalue weighted by atomic mass is 10.1. The van der Waals surface area contributed by atoms with Gasteiger partial charge in [0.05, 0.1) is 18.4 Å². The lowest BCUT2D eigenvalue weighted by Gasteiger charge is -2.10. The van der Waals surface area contributed by atoms with E-state index in [1.54, 1.807) is 13.3 Å². The summed E-state index contributed by atoms with van der Waals surface area (Å²) >= 11 is 0. The molecular weight excluding hydrogens is 202 g/mol. The molecule has 0 saturated heterocycles. The smallest absolute Gasteiger partial charge is 0.0829 e. The topological polar surface area (TPSA) is 42.4 Å². The van der Waals surface area contributed by atoms with Crippen molar-refractivity contribution in [2.45, 2.75) is 12.5 Å². The zero-order valence-electron chi connectivity index (χ0n) is 9.26. The van der Waals surface area contributed by atoms with Crippen LogP contribution in [0, 0.1) is 0 Å². The molecule has 2 aromatic rings. The molecule has 0 bridgehead atoms. The maximum Gasteiger partial charge on any atom is 0.0829 e. The molecule has 1 aromatic heterocycles. The van der Waals surface area contributed by atoms with Crippen molar-refractivity contribution in [3.8, 4) is 0 Å². The Labute approximate surface area is 94.7 Å². The van der Waals surface area contributed by atoms with Crippen LogP contribution in [-0.2, 0) is 11.2 Å². The average molecular weight is 217 g/mol. The van der Waals surface area contributed by atoms with Gasteiger partial charge < -0.3 is 9.84 Å². The van der Waals surface area contributed by atoms with Gasteiger partial charge in [-0.3, -0.25) is 4.98 Å². The van der Waals surface area contributed by atoms with Gasteiger partial charge in [0.2, 0.25) is 0 Å². The number of hydrogen-bond donors (Lipinski definition) is 1. The van der Waals surface area contributed by atoms with Crippen molar-refractivity contribution >= 4 is 10.8 Å².